The first-order valence-electron chi connectivity index (χ1n) is 7.40. The molecule has 1 atom stereocenters. The van der Waals surface area contributed by atoms with Crippen LogP contribution >= 0.6 is 0 Å². The van der Waals surface area contributed by atoms with Crippen molar-refractivity contribution in [2.45, 2.75) is 39.2 Å². The Labute approximate surface area is 120 Å². The number of aryl methyl sites for hydroxylation is 1. The SMILES string of the molecule is CCOc1ccc(-n2c(C)cc3c2CCCC3N)cc1. The Kier molecular flexibility index (Phi) is 3.53. The Hall–Kier alpha value is -1.74. The van der Waals surface area contributed by atoms with Crippen LogP contribution < -0.4 is 10.5 Å². The van der Waals surface area contributed by atoms with Crippen LogP contribution in [0.4, 0.5) is 0 Å². The molecule has 1 heterocycles. The van der Waals surface area contributed by atoms with E-state index in [1.54, 1.807) is 0 Å². The lowest BCUT2D eigenvalue weighted by atomic mass is 9.93. The zero-order valence-electron chi connectivity index (χ0n) is 12.2. The molecule has 0 aliphatic heterocycles. The number of fused-ring (bicyclic) bond motifs is 1. The monoisotopic (exact) mass is 270 g/mol. The van der Waals surface area contributed by atoms with Crippen LogP contribution in [0.25, 0.3) is 5.69 Å². The largest absolute Gasteiger partial charge is 0.494 e. The fraction of sp³-hybridized carbons (Fsp3) is 0.412. The molecule has 3 nitrogen and oxygen atoms in total. The second-order valence-electron chi connectivity index (χ2n) is 5.45. The van der Waals surface area contributed by atoms with E-state index < -0.39 is 0 Å². The molecule has 0 fully saturated rings. The molecule has 0 saturated carbocycles. The van der Waals surface area contributed by atoms with Gasteiger partial charge in [-0.2, -0.15) is 0 Å². The normalized spacial score (nSPS) is 17.9. The summed E-state index contributed by atoms with van der Waals surface area (Å²) < 4.78 is 7.85. The number of ether oxygens (including phenoxy) is 1. The highest BCUT2D eigenvalue weighted by Gasteiger charge is 2.22. The quantitative estimate of drug-likeness (QED) is 0.927. The van der Waals surface area contributed by atoms with E-state index in [0.29, 0.717) is 6.61 Å². The number of nitrogens with two attached hydrogens (primary N) is 1. The van der Waals surface area contributed by atoms with Crippen LogP contribution in [0.2, 0.25) is 0 Å². The van der Waals surface area contributed by atoms with E-state index >= 15 is 0 Å². The topological polar surface area (TPSA) is 40.2 Å². The Morgan fingerprint density at radius 3 is 2.75 bits per heavy atom. The standard InChI is InChI=1S/C17H22N2O/c1-3-20-14-9-7-13(8-10-14)19-12(2)11-15-16(18)5-4-6-17(15)19/h7-11,16H,3-6,18H2,1-2H3. The highest BCUT2D eigenvalue weighted by atomic mass is 16.5. The highest BCUT2D eigenvalue weighted by Crippen LogP contribution is 2.33. The van der Waals surface area contributed by atoms with E-state index in [2.05, 4.69) is 29.7 Å². The number of benzene rings is 1. The number of hydrogen-bond acceptors (Lipinski definition) is 2. The first-order chi connectivity index (χ1) is 9.70. The molecule has 0 saturated heterocycles. The zero-order valence-corrected chi connectivity index (χ0v) is 12.2. The molecule has 1 aliphatic carbocycles. The number of hydrogen-bond donors (Lipinski definition) is 1. The van der Waals surface area contributed by atoms with Gasteiger partial charge in [0.15, 0.2) is 0 Å². The lowest BCUT2D eigenvalue weighted by Crippen LogP contribution is -2.17. The summed E-state index contributed by atoms with van der Waals surface area (Å²) in [5.41, 5.74) is 11.4. The maximum absolute atomic E-state index is 6.24. The van der Waals surface area contributed by atoms with Crippen molar-refractivity contribution in [1.29, 1.82) is 0 Å². The summed E-state index contributed by atoms with van der Waals surface area (Å²) in [5.74, 6) is 0.923. The van der Waals surface area contributed by atoms with Gasteiger partial charge in [-0.05, 0) is 69.0 Å². The Bertz CT molecular complexity index is 598. The maximum Gasteiger partial charge on any atom is 0.119 e. The van der Waals surface area contributed by atoms with Gasteiger partial charge in [-0.15, -0.1) is 0 Å². The van der Waals surface area contributed by atoms with Gasteiger partial charge in [-0.3, -0.25) is 0 Å². The molecule has 0 spiro atoms. The summed E-state index contributed by atoms with van der Waals surface area (Å²) in [6.45, 7) is 4.86. The Morgan fingerprint density at radius 2 is 2.05 bits per heavy atom. The number of aromatic nitrogens is 1. The van der Waals surface area contributed by atoms with Crippen molar-refractivity contribution in [3.63, 3.8) is 0 Å². The van der Waals surface area contributed by atoms with Crippen LogP contribution in [0.15, 0.2) is 30.3 Å². The van der Waals surface area contributed by atoms with E-state index in [0.717, 1.165) is 18.6 Å². The van der Waals surface area contributed by atoms with E-state index in [4.69, 9.17) is 10.5 Å². The van der Waals surface area contributed by atoms with Gasteiger partial charge in [0.25, 0.3) is 0 Å². The minimum absolute atomic E-state index is 0.196. The van der Waals surface area contributed by atoms with Crippen molar-refractivity contribution >= 4 is 0 Å². The van der Waals surface area contributed by atoms with E-state index in [1.807, 2.05) is 19.1 Å². The Balaban J connectivity index is 2.01. The van der Waals surface area contributed by atoms with Crippen molar-refractivity contribution in [2.24, 2.45) is 5.73 Å². The lowest BCUT2D eigenvalue weighted by Gasteiger charge is -2.21. The molecule has 1 unspecified atom stereocenters. The van der Waals surface area contributed by atoms with Gasteiger partial charge in [-0.25, -0.2) is 0 Å². The van der Waals surface area contributed by atoms with Crippen LogP contribution in [-0.4, -0.2) is 11.2 Å². The van der Waals surface area contributed by atoms with Crippen molar-refractivity contribution in [3.05, 3.63) is 47.3 Å². The van der Waals surface area contributed by atoms with Gasteiger partial charge >= 0.3 is 0 Å². The third-order valence-electron chi connectivity index (χ3n) is 4.05. The molecule has 106 valence electrons. The molecule has 3 rings (SSSR count). The lowest BCUT2D eigenvalue weighted by molar-refractivity contribution is 0.340. The second kappa shape index (κ2) is 5.33. The molecular formula is C17H22N2O. The van der Waals surface area contributed by atoms with Crippen LogP contribution in [0, 0.1) is 6.92 Å². The van der Waals surface area contributed by atoms with Gasteiger partial charge in [0.05, 0.1) is 6.61 Å². The summed E-state index contributed by atoms with van der Waals surface area (Å²) in [5, 5.41) is 0. The number of nitrogens with zero attached hydrogens (tertiary/aromatic N) is 1. The molecule has 1 aliphatic rings. The maximum atomic E-state index is 6.24. The third kappa shape index (κ3) is 2.22. The van der Waals surface area contributed by atoms with E-state index in [-0.39, 0.29) is 6.04 Å². The smallest absolute Gasteiger partial charge is 0.119 e. The van der Waals surface area contributed by atoms with Gasteiger partial charge in [0.2, 0.25) is 0 Å². The first kappa shape index (κ1) is 13.3. The van der Waals surface area contributed by atoms with Crippen molar-refractivity contribution in [1.82, 2.24) is 4.57 Å². The van der Waals surface area contributed by atoms with Crippen LogP contribution in [-0.2, 0) is 6.42 Å². The van der Waals surface area contributed by atoms with Gasteiger partial charge in [0, 0.05) is 23.1 Å². The van der Waals surface area contributed by atoms with E-state index in [1.165, 1.54) is 29.1 Å². The molecule has 1 aromatic carbocycles. The molecule has 2 N–H and O–H groups in total. The second-order valence-corrected chi connectivity index (χ2v) is 5.45. The predicted octanol–water partition coefficient (Wildman–Crippen LogP) is 3.52. The van der Waals surface area contributed by atoms with Crippen LogP contribution in [0.5, 0.6) is 5.75 Å². The average Bonchev–Trinajstić information content (AvgIpc) is 2.78. The molecule has 20 heavy (non-hydrogen) atoms. The van der Waals surface area contributed by atoms with Crippen LogP contribution in [0.1, 0.15) is 42.8 Å². The van der Waals surface area contributed by atoms with Gasteiger partial charge in [-0.1, -0.05) is 0 Å². The molecule has 0 radical (unpaired) electrons. The average molecular weight is 270 g/mol. The molecule has 0 bridgehead atoms. The van der Waals surface area contributed by atoms with Crippen LogP contribution in [0.3, 0.4) is 0 Å². The summed E-state index contributed by atoms with van der Waals surface area (Å²) in [7, 11) is 0. The molecule has 0 amide bonds. The molecule has 3 heteroatoms. The minimum atomic E-state index is 0.196. The fourth-order valence-corrected chi connectivity index (χ4v) is 3.15. The molecule has 2 aromatic rings. The minimum Gasteiger partial charge on any atom is -0.494 e. The summed E-state index contributed by atoms with van der Waals surface area (Å²) in [6.07, 6.45) is 3.39. The zero-order chi connectivity index (χ0) is 14.1. The van der Waals surface area contributed by atoms with Gasteiger partial charge in [0.1, 0.15) is 5.75 Å². The molecule has 1 aromatic heterocycles. The highest BCUT2D eigenvalue weighted by molar-refractivity contribution is 5.45. The molecular weight excluding hydrogens is 248 g/mol. The van der Waals surface area contributed by atoms with Crippen molar-refractivity contribution < 1.29 is 4.74 Å². The summed E-state index contributed by atoms with van der Waals surface area (Å²) in [4.78, 5) is 0. The summed E-state index contributed by atoms with van der Waals surface area (Å²) >= 11 is 0. The third-order valence-corrected chi connectivity index (χ3v) is 4.05. The predicted molar refractivity (Wildman–Crippen MR) is 81.5 cm³/mol. The number of rotatable bonds is 3. The Morgan fingerprint density at radius 1 is 1.30 bits per heavy atom. The summed E-state index contributed by atoms with van der Waals surface area (Å²) in [6, 6.07) is 10.8. The van der Waals surface area contributed by atoms with Gasteiger partial charge < -0.3 is 15.0 Å². The van der Waals surface area contributed by atoms with Crippen molar-refractivity contribution in [3.8, 4) is 11.4 Å². The van der Waals surface area contributed by atoms with Crippen molar-refractivity contribution in [2.75, 3.05) is 6.61 Å². The van der Waals surface area contributed by atoms with E-state index in [9.17, 15) is 0 Å². The first-order valence-corrected chi connectivity index (χ1v) is 7.40. The fourth-order valence-electron chi connectivity index (χ4n) is 3.15.